The van der Waals surface area contributed by atoms with E-state index in [1.165, 1.54) is 10.6 Å². The van der Waals surface area contributed by atoms with Gasteiger partial charge in [-0.25, -0.2) is 22.7 Å². The van der Waals surface area contributed by atoms with Crippen LogP contribution in [-0.2, 0) is 10.0 Å². The van der Waals surface area contributed by atoms with Crippen LogP contribution in [0.2, 0.25) is 0 Å². The van der Waals surface area contributed by atoms with Crippen LogP contribution in [0.1, 0.15) is 29.9 Å². The van der Waals surface area contributed by atoms with Crippen molar-refractivity contribution >= 4 is 21.7 Å². The molecule has 1 N–H and O–H groups in total. The van der Waals surface area contributed by atoms with Gasteiger partial charge in [0.05, 0.1) is 17.9 Å². The lowest BCUT2D eigenvalue weighted by atomic mass is 9.91. The zero-order valence-electron chi connectivity index (χ0n) is 13.9. The number of hydrogen-bond acceptors (Lipinski definition) is 6. The molecule has 7 nitrogen and oxygen atoms in total. The third kappa shape index (κ3) is 4.32. The van der Waals surface area contributed by atoms with E-state index in [2.05, 4.69) is 21.4 Å². The van der Waals surface area contributed by atoms with Crippen molar-refractivity contribution in [1.29, 1.82) is 5.26 Å². The molecule has 8 heteroatoms. The molecule has 3 heterocycles. The third-order valence-corrected chi connectivity index (χ3v) is 5.63. The molecule has 1 aliphatic rings. The first-order chi connectivity index (χ1) is 12.0. The summed E-state index contributed by atoms with van der Waals surface area (Å²) in [5.74, 6) is 1.53. The van der Waals surface area contributed by atoms with Gasteiger partial charge in [-0.2, -0.15) is 5.26 Å². The van der Waals surface area contributed by atoms with E-state index in [0.29, 0.717) is 36.2 Å². The number of anilines is 2. The molecule has 0 atom stereocenters. The standard InChI is InChI=1S/C17H19N5O2S/c1-25(23,24)22-8-4-14(5-9-22)15-3-7-20-17(11-15)21-16-10-13(12-18)2-6-19-16/h2-3,6-7,10-11,14H,4-5,8-9H2,1H3,(H,19,20,21). The number of nitrogens with one attached hydrogen (secondary N) is 1. The Labute approximate surface area is 147 Å². The highest BCUT2D eigenvalue weighted by Crippen LogP contribution is 2.30. The molecular formula is C17H19N5O2S. The maximum Gasteiger partial charge on any atom is 0.211 e. The smallest absolute Gasteiger partial charge is 0.211 e. The van der Waals surface area contributed by atoms with Crippen molar-refractivity contribution in [3.05, 3.63) is 47.8 Å². The van der Waals surface area contributed by atoms with E-state index in [4.69, 9.17) is 5.26 Å². The van der Waals surface area contributed by atoms with Crippen LogP contribution in [0, 0.1) is 11.3 Å². The van der Waals surface area contributed by atoms with Crippen LogP contribution in [0.3, 0.4) is 0 Å². The predicted octanol–water partition coefficient (Wildman–Crippen LogP) is 2.23. The van der Waals surface area contributed by atoms with E-state index in [-0.39, 0.29) is 0 Å². The summed E-state index contributed by atoms with van der Waals surface area (Å²) >= 11 is 0. The van der Waals surface area contributed by atoms with Crippen LogP contribution in [-0.4, -0.2) is 42.0 Å². The van der Waals surface area contributed by atoms with Gasteiger partial charge in [0, 0.05) is 25.5 Å². The third-order valence-electron chi connectivity index (χ3n) is 4.32. The lowest BCUT2D eigenvalue weighted by Gasteiger charge is -2.30. The molecule has 2 aromatic rings. The largest absolute Gasteiger partial charge is 0.325 e. The summed E-state index contributed by atoms with van der Waals surface area (Å²) < 4.78 is 24.8. The van der Waals surface area contributed by atoms with E-state index < -0.39 is 10.0 Å². The maximum absolute atomic E-state index is 11.6. The SMILES string of the molecule is CS(=O)(=O)N1CCC(c2ccnc(Nc3cc(C#N)ccn3)c2)CC1. The number of sulfonamides is 1. The molecule has 0 bridgehead atoms. The monoisotopic (exact) mass is 357 g/mol. The summed E-state index contributed by atoms with van der Waals surface area (Å²) in [6.45, 7) is 1.08. The Morgan fingerprint density at radius 1 is 1.16 bits per heavy atom. The number of piperidine rings is 1. The number of nitriles is 1. The van der Waals surface area contributed by atoms with Crippen molar-refractivity contribution in [3.8, 4) is 6.07 Å². The van der Waals surface area contributed by atoms with Crippen molar-refractivity contribution in [2.24, 2.45) is 0 Å². The first-order valence-corrected chi connectivity index (χ1v) is 9.85. The Morgan fingerprint density at radius 2 is 1.80 bits per heavy atom. The van der Waals surface area contributed by atoms with Gasteiger partial charge in [-0.15, -0.1) is 0 Å². The zero-order valence-corrected chi connectivity index (χ0v) is 14.7. The number of hydrogen-bond donors (Lipinski definition) is 1. The second-order valence-corrected chi connectivity index (χ2v) is 8.06. The van der Waals surface area contributed by atoms with Gasteiger partial charge in [0.25, 0.3) is 0 Å². The molecule has 1 aliphatic heterocycles. The number of nitrogens with zero attached hydrogens (tertiary/aromatic N) is 4. The predicted molar refractivity (Wildman–Crippen MR) is 94.9 cm³/mol. The van der Waals surface area contributed by atoms with Crippen LogP contribution in [0.25, 0.3) is 0 Å². The van der Waals surface area contributed by atoms with Crippen molar-refractivity contribution in [3.63, 3.8) is 0 Å². The van der Waals surface area contributed by atoms with Crippen molar-refractivity contribution in [1.82, 2.24) is 14.3 Å². The molecule has 25 heavy (non-hydrogen) atoms. The molecule has 0 amide bonds. The molecule has 0 saturated carbocycles. The van der Waals surface area contributed by atoms with Crippen LogP contribution < -0.4 is 5.32 Å². The van der Waals surface area contributed by atoms with Gasteiger partial charge in [0.15, 0.2) is 0 Å². The Balaban J connectivity index is 1.71. The fraction of sp³-hybridized carbons (Fsp3) is 0.353. The summed E-state index contributed by atoms with van der Waals surface area (Å²) in [4.78, 5) is 8.49. The van der Waals surface area contributed by atoms with E-state index in [1.807, 2.05) is 12.1 Å². The Bertz CT molecular complexity index is 899. The zero-order chi connectivity index (χ0) is 17.9. The minimum Gasteiger partial charge on any atom is -0.325 e. The van der Waals surface area contributed by atoms with E-state index in [1.54, 1.807) is 24.5 Å². The summed E-state index contributed by atoms with van der Waals surface area (Å²) in [6, 6.07) is 9.31. The summed E-state index contributed by atoms with van der Waals surface area (Å²) in [5.41, 5.74) is 1.66. The highest BCUT2D eigenvalue weighted by molar-refractivity contribution is 7.88. The topological polar surface area (TPSA) is 99.0 Å². The fourth-order valence-corrected chi connectivity index (χ4v) is 3.86. The Hall–Kier alpha value is -2.50. The maximum atomic E-state index is 11.6. The molecule has 0 radical (unpaired) electrons. The van der Waals surface area contributed by atoms with Gasteiger partial charge in [0.2, 0.25) is 10.0 Å². The van der Waals surface area contributed by atoms with Crippen LogP contribution in [0.15, 0.2) is 36.7 Å². The molecule has 130 valence electrons. The average Bonchev–Trinajstić information content (AvgIpc) is 2.61. The first-order valence-electron chi connectivity index (χ1n) is 8.00. The minimum atomic E-state index is -3.11. The fourth-order valence-electron chi connectivity index (χ4n) is 2.99. The van der Waals surface area contributed by atoms with E-state index in [9.17, 15) is 8.42 Å². The van der Waals surface area contributed by atoms with Crippen LogP contribution in [0.5, 0.6) is 0 Å². The van der Waals surface area contributed by atoms with Gasteiger partial charge >= 0.3 is 0 Å². The molecule has 0 spiro atoms. The van der Waals surface area contributed by atoms with Gasteiger partial charge in [0.1, 0.15) is 11.6 Å². The lowest BCUT2D eigenvalue weighted by molar-refractivity contribution is 0.321. The highest BCUT2D eigenvalue weighted by Gasteiger charge is 2.25. The second kappa shape index (κ2) is 7.17. The number of rotatable bonds is 4. The Morgan fingerprint density at radius 3 is 2.44 bits per heavy atom. The minimum absolute atomic E-state index is 0.306. The molecule has 3 rings (SSSR count). The van der Waals surface area contributed by atoms with Gasteiger partial charge in [-0.3, -0.25) is 0 Å². The molecule has 1 saturated heterocycles. The van der Waals surface area contributed by atoms with E-state index >= 15 is 0 Å². The molecular weight excluding hydrogens is 338 g/mol. The molecule has 0 aromatic carbocycles. The average molecular weight is 357 g/mol. The first kappa shape index (κ1) is 17.3. The van der Waals surface area contributed by atoms with Crippen LogP contribution in [0.4, 0.5) is 11.6 Å². The van der Waals surface area contributed by atoms with Gasteiger partial charge < -0.3 is 5.32 Å². The normalized spacial score (nSPS) is 16.3. The quantitative estimate of drug-likeness (QED) is 0.901. The van der Waals surface area contributed by atoms with Crippen molar-refractivity contribution in [2.45, 2.75) is 18.8 Å². The number of pyridine rings is 2. The molecule has 1 fully saturated rings. The second-order valence-electron chi connectivity index (χ2n) is 6.08. The molecule has 0 unspecified atom stereocenters. The van der Waals surface area contributed by atoms with Crippen LogP contribution >= 0.6 is 0 Å². The van der Waals surface area contributed by atoms with Crippen molar-refractivity contribution in [2.75, 3.05) is 24.7 Å². The summed E-state index contributed by atoms with van der Waals surface area (Å²) in [7, 11) is -3.11. The number of aromatic nitrogens is 2. The molecule has 2 aromatic heterocycles. The van der Waals surface area contributed by atoms with E-state index in [0.717, 1.165) is 18.4 Å². The van der Waals surface area contributed by atoms with Gasteiger partial charge in [-0.1, -0.05) is 0 Å². The van der Waals surface area contributed by atoms with Crippen molar-refractivity contribution < 1.29 is 8.42 Å². The lowest BCUT2D eigenvalue weighted by Crippen LogP contribution is -2.37. The highest BCUT2D eigenvalue weighted by atomic mass is 32.2. The summed E-state index contributed by atoms with van der Waals surface area (Å²) in [6.07, 6.45) is 6.14. The Kier molecular flexibility index (Phi) is 4.97. The van der Waals surface area contributed by atoms with Gasteiger partial charge in [-0.05, 0) is 48.6 Å². The summed E-state index contributed by atoms with van der Waals surface area (Å²) in [5, 5.41) is 12.1. The molecule has 0 aliphatic carbocycles.